The zero-order valence-corrected chi connectivity index (χ0v) is 15.1. The summed E-state index contributed by atoms with van der Waals surface area (Å²) in [6.45, 7) is 3.38. The summed E-state index contributed by atoms with van der Waals surface area (Å²) < 4.78 is 10.2. The fourth-order valence-corrected chi connectivity index (χ4v) is 2.83. The normalized spacial score (nSPS) is 20.3. The van der Waals surface area contributed by atoms with E-state index in [-0.39, 0.29) is 30.7 Å². The van der Waals surface area contributed by atoms with E-state index in [9.17, 15) is 9.59 Å². The molecule has 0 unspecified atom stereocenters. The first-order valence-corrected chi connectivity index (χ1v) is 8.11. The lowest BCUT2D eigenvalue weighted by atomic mass is 10.1. The molecule has 0 spiro atoms. The monoisotopic (exact) mass is 350 g/mol. The van der Waals surface area contributed by atoms with Crippen LogP contribution in [0, 0.1) is 6.92 Å². The van der Waals surface area contributed by atoms with Gasteiger partial charge in [-0.3, -0.25) is 4.79 Å². The summed E-state index contributed by atoms with van der Waals surface area (Å²) in [7, 11) is 5.09. The number of amides is 3. The molecule has 1 heterocycles. The van der Waals surface area contributed by atoms with Gasteiger partial charge >= 0.3 is 6.03 Å². The Labute approximate surface area is 147 Å². The number of likely N-dealkylation sites (N-methyl/N-ethyl adjacent to an activating group) is 1. The maximum absolute atomic E-state index is 12.3. The number of carbonyl (C=O) groups is 2. The molecule has 1 saturated heterocycles. The molecule has 8 nitrogen and oxygen atoms in total. The van der Waals surface area contributed by atoms with Crippen molar-refractivity contribution in [2.45, 2.75) is 19.1 Å². The van der Waals surface area contributed by atoms with Gasteiger partial charge < -0.3 is 30.3 Å². The first kappa shape index (κ1) is 19.2. The predicted octanol–water partition coefficient (Wildman–Crippen LogP) is 1.03. The van der Waals surface area contributed by atoms with Crippen LogP contribution in [0.1, 0.15) is 5.56 Å². The lowest BCUT2D eigenvalue weighted by Crippen LogP contribution is -2.45. The molecule has 1 aromatic carbocycles. The highest BCUT2D eigenvalue weighted by atomic mass is 16.5. The van der Waals surface area contributed by atoms with Crippen molar-refractivity contribution in [2.24, 2.45) is 0 Å². The number of carbonyl (C=O) groups excluding carboxylic acids is 2. The van der Waals surface area contributed by atoms with E-state index in [1.54, 1.807) is 19.2 Å². The number of ether oxygens (including phenoxy) is 2. The number of hydrogen-bond acceptors (Lipinski definition) is 5. The van der Waals surface area contributed by atoms with E-state index >= 15 is 0 Å². The van der Waals surface area contributed by atoms with Crippen molar-refractivity contribution in [2.75, 3.05) is 51.6 Å². The van der Waals surface area contributed by atoms with Crippen molar-refractivity contribution in [3.8, 4) is 0 Å². The minimum atomic E-state index is -0.300. The SMILES string of the molecule is COCC(=O)Nc1ccc(C)c(NC(=O)N[C@H]2CN(C)C[C@@H]2OC)c1. The molecule has 0 bridgehead atoms. The third-order valence-corrected chi connectivity index (χ3v) is 4.11. The second-order valence-corrected chi connectivity index (χ2v) is 6.21. The maximum Gasteiger partial charge on any atom is 0.319 e. The summed E-state index contributed by atoms with van der Waals surface area (Å²) in [6, 6.07) is 4.96. The number of benzene rings is 1. The van der Waals surface area contributed by atoms with Crippen LogP contribution in [0.25, 0.3) is 0 Å². The number of hydrogen-bond donors (Lipinski definition) is 3. The summed E-state index contributed by atoms with van der Waals surface area (Å²) in [5.41, 5.74) is 2.12. The number of nitrogens with one attached hydrogen (secondary N) is 3. The number of nitrogens with zero attached hydrogens (tertiary/aromatic N) is 1. The third-order valence-electron chi connectivity index (χ3n) is 4.11. The summed E-state index contributed by atoms with van der Waals surface area (Å²) in [6.07, 6.45) is -0.0310. The molecule has 0 radical (unpaired) electrons. The first-order valence-electron chi connectivity index (χ1n) is 8.11. The quantitative estimate of drug-likeness (QED) is 0.713. The van der Waals surface area contributed by atoms with Crippen LogP contribution in [0.3, 0.4) is 0 Å². The van der Waals surface area contributed by atoms with Gasteiger partial charge in [0.1, 0.15) is 6.61 Å². The maximum atomic E-state index is 12.3. The van der Waals surface area contributed by atoms with Crippen LogP contribution >= 0.6 is 0 Å². The van der Waals surface area contributed by atoms with E-state index in [4.69, 9.17) is 9.47 Å². The smallest absolute Gasteiger partial charge is 0.319 e. The van der Waals surface area contributed by atoms with Gasteiger partial charge in [-0.1, -0.05) is 6.07 Å². The van der Waals surface area contributed by atoms with Gasteiger partial charge in [0.25, 0.3) is 0 Å². The fraction of sp³-hybridized carbons (Fsp3) is 0.529. The van der Waals surface area contributed by atoms with Crippen molar-refractivity contribution in [3.63, 3.8) is 0 Å². The highest BCUT2D eigenvalue weighted by Crippen LogP contribution is 2.20. The van der Waals surface area contributed by atoms with Gasteiger partial charge in [0.15, 0.2) is 0 Å². The van der Waals surface area contributed by atoms with E-state index in [1.165, 1.54) is 7.11 Å². The highest BCUT2D eigenvalue weighted by molar-refractivity contribution is 5.94. The van der Waals surface area contributed by atoms with Crippen molar-refractivity contribution in [1.82, 2.24) is 10.2 Å². The van der Waals surface area contributed by atoms with Gasteiger partial charge in [0.2, 0.25) is 5.91 Å². The molecule has 3 amide bonds. The molecule has 138 valence electrons. The topological polar surface area (TPSA) is 91.9 Å². The molecule has 1 fully saturated rings. The predicted molar refractivity (Wildman–Crippen MR) is 95.9 cm³/mol. The van der Waals surface area contributed by atoms with Crippen LogP contribution in [-0.2, 0) is 14.3 Å². The molecule has 1 aliphatic rings. The van der Waals surface area contributed by atoms with E-state index < -0.39 is 0 Å². The second-order valence-electron chi connectivity index (χ2n) is 6.21. The highest BCUT2D eigenvalue weighted by Gasteiger charge is 2.31. The van der Waals surface area contributed by atoms with Crippen molar-refractivity contribution >= 4 is 23.3 Å². The fourth-order valence-electron chi connectivity index (χ4n) is 2.83. The molecule has 0 saturated carbocycles. The Bertz CT molecular complexity index is 623. The minimum absolute atomic E-state index is 0.0231. The van der Waals surface area contributed by atoms with Gasteiger partial charge in [0, 0.05) is 38.7 Å². The Kier molecular flexibility index (Phi) is 6.74. The van der Waals surface area contributed by atoms with Crippen LogP contribution in [0.5, 0.6) is 0 Å². The number of urea groups is 1. The second kappa shape index (κ2) is 8.80. The zero-order chi connectivity index (χ0) is 18.4. The summed E-state index contributed by atoms with van der Waals surface area (Å²) >= 11 is 0. The summed E-state index contributed by atoms with van der Waals surface area (Å²) in [4.78, 5) is 26.0. The molecular weight excluding hydrogens is 324 g/mol. The Morgan fingerprint density at radius 1 is 1.24 bits per heavy atom. The van der Waals surface area contributed by atoms with Crippen LogP contribution in [0.15, 0.2) is 18.2 Å². The number of aryl methyl sites for hydroxylation is 1. The molecule has 2 rings (SSSR count). The number of methoxy groups -OCH3 is 2. The zero-order valence-electron chi connectivity index (χ0n) is 15.1. The minimum Gasteiger partial charge on any atom is -0.378 e. The van der Waals surface area contributed by atoms with E-state index in [0.29, 0.717) is 11.4 Å². The van der Waals surface area contributed by atoms with Crippen molar-refractivity contribution < 1.29 is 19.1 Å². The number of rotatable bonds is 6. The van der Waals surface area contributed by atoms with E-state index in [0.717, 1.165) is 18.7 Å². The van der Waals surface area contributed by atoms with Crippen molar-refractivity contribution in [3.05, 3.63) is 23.8 Å². The van der Waals surface area contributed by atoms with Gasteiger partial charge in [-0.15, -0.1) is 0 Å². The van der Waals surface area contributed by atoms with Crippen LogP contribution in [0.4, 0.5) is 16.2 Å². The Morgan fingerprint density at radius 2 is 2.00 bits per heavy atom. The van der Waals surface area contributed by atoms with E-state index in [2.05, 4.69) is 20.9 Å². The van der Waals surface area contributed by atoms with Crippen LogP contribution < -0.4 is 16.0 Å². The Balaban J connectivity index is 1.98. The molecule has 3 N–H and O–H groups in total. The summed E-state index contributed by atoms with van der Waals surface area (Å²) in [5, 5.41) is 8.49. The molecule has 0 aromatic heterocycles. The van der Waals surface area contributed by atoms with Crippen LogP contribution in [0.2, 0.25) is 0 Å². The average molecular weight is 350 g/mol. The summed E-state index contributed by atoms with van der Waals surface area (Å²) in [5.74, 6) is -0.251. The van der Waals surface area contributed by atoms with Crippen molar-refractivity contribution in [1.29, 1.82) is 0 Å². The van der Waals surface area contributed by atoms with Gasteiger partial charge in [-0.25, -0.2) is 4.79 Å². The lowest BCUT2D eigenvalue weighted by molar-refractivity contribution is -0.119. The largest absolute Gasteiger partial charge is 0.378 e. The van der Waals surface area contributed by atoms with Gasteiger partial charge in [0.05, 0.1) is 12.1 Å². The van der Waals surface area contributed by atoms with E-state index in [1.807, 2.05) is 20.0 Å². The number of likely N-dealkylation sites (tertiary alicyclic amines) is 1. The standard InChI is InChI=1S/C17H26N4O4/c1-11-5-6-12(18-16(22)10-24-3)7-13(11)19-17(23)20-14-8-21(2)9-15(14)25-4/h5-7,14-15H,8-10H2,1-4H3,(H,18,22)(H2,19,20,23)/t14-,15-/m0/s1. The first-order chi connectivity index (χ1) is 11.9. The molecular formula is C17H26N4O4. The molecule has 1 aliphatic heterocycles. The Hall–Kier alpha value is -2.16. The molecule has 2 atom stereocenters. The molecule has 1 aromatic rings. The average Bonchev–Trinajstić information content (AvgIpc) is 2.90. The van der Waals surface area contributed by atoms with Gasteiger partial charge in [-0.05, 0) is 31.7 Å². The number of anilines is 2. The third kappa shape index (κ3) is 5.42. The molecule has 0 aliphatic carbocycles. The van der Waals surface area contributed by atoms with Crippen LogP contribution in [-0.4, -0.2) is 69.9 Å². The molecule has 8 heteroatoms. The van der Waals surface area contributed by atoms with Gasteiger partial charge in [-0.2, -0.15) is 0 Å². The Morgan fingerprint density at radius 3 is 2.68 bits per heavy atom. The lowest BCUT2D eigenvalue weighted by Gasteiger charge is -2.19. The molecule has 25 heavy (non-hydrogen) atoms.